The monoisotopic (exact) mass is 270 g/mol. The maximum absolute atomic E-state index is 6.37. The van der Waals surface area contributed by atoms with E-state index in [1.807, 2.05) is 13.1 Å². The molecule has 2 unspecified atom stereocenters. The fourth-order valence-electron chi connectivity index (χ4n) is 3.11. The Morgan fingerprint density at radius 3 is 2.85 bits per heavy atom. The fourth-order valence-corrected chi connectivity index (χ4v) is 3.11. The van der Waals surface area contributed by atoms with E-state index in [9.17, 15) is 0 Å². The zero-order chi connectivity index (χ0) is 13.9. The number of piperidine rings is 1. The van der Waals surface area contributed by atoms with Crippen molar-refractivity contribution < 1.29 is 0 Å². The maximum Gasteiger partial charge on any atom is 0.103 e. The molecule has 1 aliphatic heterocycles. The van der Waals surface area contributed by atoms with Crippen molar-refractivity contribution in [2.75, 3.05) is 6.54 Å². The van der Waals surface area contributed by atoms with E-state index in [2.05, 4.69) is 45.2 Å². The lowest BCUT2D eigenvalue weighted by molar-refractivity contribution is 0.118. The van der Waals surface area contributed by atoms with E-state index < -0.39 is 0 Å². The summed E-state index contributed by atoms with van der Waals surface area (Å²) in [6.45, 7) is 4.02. The van der Waals surface area contributed by atoms with Crippen LogP contribution in [0.1, 0.15) is 36.0 Å². The van der Waals surface area contributed by atoms with Gasteiger partial charge in [0.2, 0.25) is 0 Å². The minimum atomic E-state index is 0.173. The average molecular weight is 270 g/mol. The molecule has 1 aromatic carbocycles. The Labute approximate surface area is 120 Å². The number of aromatic amines is 1. The lowest BCUT2D eigenvalue weighted by Crippen LogP contribution is -2.45. The van der Waals surface area contributed by atoms with Crippen LogP contribution in [0, 0.1) is 6.92 Å². The summed E-state index contributed by atoms with van der Waals surface area (Å²) >= 11 is 0. The molecule has 2 heterocycles. The van der Waals surface area contributed by atoms with Gasteiger partial charge < -0.3 is 10.7 Å². The van der Waals surface area contributed by atoms with Crippen LogP contribution < -0.4 is 5.73 Å². The van der Waals surface area contributed by atoms with E-state index in [1.165, 1.54) is 5.56 Å². The van der Waals surface area contributed by atoms with Gasteiger partial charge in [0.25, 0.3) is 0 Å². The fraction of sp³-hybridized carbons (Fsp3) is 0.438. The molecule has 0 saturated carbocycles. The van der Waals surface area contributed by atoms with Gasteiger partial charge >= 0.3 is 0 Å². The van der Waals surface area contributed by atoms with Gasteiger partial charge in [-0.1, -0.05) is 30.3 Å². The number of rotatable bonds is 3. The molecule has 0 radical (unpaired) electrons. The van der Waals surface area contributed by atoms with E-state index in [1.54, 1.807) is 0 Å². The quantitative estimate of drug-likeness (QED) is 0.900. The molecule has 4 heteroatoms. The van der Waals surface area contributed by atoms with E-state index in [0.29, 0.717) is 0 Å². The van der Waals surface area contributed by atoms with E-state index in [4.69, 9.17) is 5.73 Å². The number of aryl methyl sites for hydroxylation is 1. The number of nitrogens with two attached hydrogens (primary N) is 1. The van der Waals surface area contributed by atoms with Crippen LogP contribution in [0.5, 0.6) is 0 Å². The summed E-state index contributed by atoms with van der Waals surface area (Å²) < 4.78 is 0. The molecule has 2 aromatic rings. The standard InChI is InChI=1S/C16H22N4/c1-12-18-10-15(19-12)16-14(17)8-5-9-20(16)11-13-6-3-2-4-7-13/h2-4,6-7,10,14,16H,5,8-9,11,17H2,1H3,(H,18,19). The zero-order valence-electron chi connectivity index (χ0n) is 11.9. The highest BCUT2D eigenvalue weighted by atomic mass is 15.2. The first-order chi connectivity index (χ1) is 9.74. The molecule has 1 aliphatic rings. The van der Waals surface area contributed by atoms with Gasteiger partial charge in [0.1, 0.15) is 5.82 Å². The number of hydrogen-bond donors (Lipinski definition) is 2. The summed E-state index contributed by atoms with van der Waals surface area (Å²) in [5.74, 6) is 0.956. The van der Waals surface area contributed by atoms with E-state index in [0.717, 1.165) is 37.4 Å². The SMILES string of the molecule is Cc1ncc(C2C(N)CCCN2Cc2ccccc2)[nH]1. The molecule has 3 N–H and O–H groups in total. The summed E-state index contributed by atoms with van der Waals surface area (Å²) in [6, 6.07) is 11.0. The molecule has 3 rings (SSSR count). The molecule has 20 heavy (non-hydrogen) atoms. The summed E-state index contributed by atoms with van der Waals surface area (Å²) in [5, 5.41) is 0. The van der Waals surface area contributed by atoms with Gasteiger partial charge in [-0.25, -0.2) is 4.98 Å². The van der Waals surface area contributed by atoms with Gasteiger partial charge in [0, 0.05) is 18.8 Å². The Morgan fingerprint density at radius 1 is 1.35 bits per heavy atom. The number of nitrogens with one attached hydrogen (secondary N) is 1. The topological polar surface area (TPSA) is 57.9 Å². The van der Waals surface area contributed by atoms with Crippen LogP contribution in [0.2, 0.25) is 0 Å². The minimum absolute atomic E-state index is 0.173. The normalized spacial score (nSPS) is 23.9. The molecule has 0 spiro atoms. The van der Waals surface area contributed by atoms with Crippen LogP contribution in [0.15, 0.2) is 36.5 Å². The maximum atomic E-state index is 6.37. The highest BCUT2D eigenvalue weighted by molar-refractivity contribution is 5.17. The van der Waals surface area contributed by atoms with Gasteiger partial charge in [0.15, 0.2) is 0 Å². The number of nitrogens with zero attached hydrogens (tertiary/aromatic N) is 2. The predicted molar refractivity (Wildman–Crippen MR) is 80.1 cm³/mol. The number of benzene rings is 1. The second-order valence-corrected chi connectivity index (χ2v) is 5.63. The molecule has 0 bridgehead atoms. The largest absolute Gasteiger partial charge is 0.345 e. The average Bonchev–Trinajstić information content (AvgIpc) is 2.86. The van der Waals surface area contributed by atoms with Crippen molar-refractivity contribution in [3.63, 3.8) is 0 Å². The van der Waals surface area contributed by atoms with Crippen molar-refractivity contribution >= 4 is 0 Å². The summed E-state index contributed by atoms with van der Waals surface area (Å²) in [6.07, 6.45) is 4.18. The van der Waals surface area contributed by atoms with E-state index in [-0.39, 0.29) is 12.1 Å². The van der Waals surface area contributed by atoms with Crippen LogP contribution in [0.4, 0.5) is 0 Å². The molecule has 1 saturated heterocycles. The first-order valence-corrected chi connectivity index (χ1v) is 7.29. The number of imidazole rings is 1. The summed E-state index contributed by atoms with van der Waals surface area (Å²) in [5.41, 5.74) is 8.85. The van der Waals surface area contributed by atoms with Gasteiger partial charge in [-0.15, -0.1) is 0 Å². The van der Waals surface area contributed by atoms with Crippen molar-refractivity contribution in [1.82, 2.24) is 14.9 Å². The lowest BCUT2D eigenvalue weighted by Gasteiger charge is -2.39. The smallest absolute Gasteiger partial charge is 0.103 e. The Kier molecular flexibility index (Phi) is 3.85. The molecule has 1 aromatic heterocycles. The van der Waals surface area contributed by atoms with Gasteiger partial charge in [-0.05, 0) is 31.9 Å². The Balaban J connectivity index is 1.83. The third kappa shape index (κ3) is 2.76. The van der Waals surface area contributed by atoms with Crippen LogP contribution in [0.25, 0.3) is 0 Å². The molecular weight excluding hydrogens is 248 g/mol. The third-order valence-electron chi connectivity index (χ3n) is 4.05. The molecule has 4 nitrogen and oxygen atoms in total. The molecule has 0 amide bonds. The van der Waals surface area contributed by atoms with Crippen molar-refractivity contribution in [2.45, 2.75) is 38.4 Å². The number of aromatic nitrogens is 2. The summed E-state index contributed by atoms with van der Waals surface area (Å²) in [4.78, 5) is 10.2. The summed E-state index contributed by atoms with van der Waals surface area (Å²) in [7, 11) is 0. The molecule has 2 atom stereocenters. The van der Waals surface area contributed by atoms with Crippen molar-refractivity contribution in [1.29, 1.82) is 0 Å². The van der Waals surface area contributed by atoms with E-state index >= 15 is 0 Å². The van der Waals surface area contributed by atoms with Crippen molar-refractivity contribution in [3.8, 4) is 0 Å². The highest BCUT2D eigenvalue weighted by Crippen LogP contribution is 2.30. The second-order valence-electron chi connectivity index (χ2n) is 5.63. The second kappa shape index (κ2) is 5.77. The number of H-pyrrole nitrogens is 1. The van der Waals surface area contributed by atoms with Gasteiger partial charge in [0.05, 0.1) is 11.7 Å². The molecule has 1 fully saturated rings. The Hall–Kier alpha value is -1.65. The first kappa shape index (κ1) is 13.3. The lowest BCUT2D eigenvalue weighted by atomic mass is 9.94. The number of likely N-dealkylation sites (tertiary alicyclic amines) is 1. The number of hydrogen-bond acceptors (Lipinski definition) is 3. The highest BCUT2D eigenvalue weighted by Gasteiger charge is 2.31. The van der Waals surface area contributed by atoms with Crippen molar-refractivity contribution in [2.24, 2.45) is 5.73 Å². The van der Waals surface area contributed by atoms with Crippen molar-refractivity contribution in [3.05, 3.63) is 53.6 Å². The molecule has 0 aliphatic carbocycles. The van der Waals surface area contributed by atoms with Gasteiger partial charge in [-0.2, -0.15) is 0 Å². The Bertz CT molecular complexity index is 549. The van der Waals surface area contributed by atoms with Crippen LogP contribution in [0.3, 0.4) is 0 Å². The Morgan fingerprint density at radius 2 is 2.15 bits per heavy atom. The van der Waals surface area contributed by atoms with Crippen LogP contribution >= 0.6 is 0 Å². The van der Waals surface area contributed by atoms with Gasteiger partial charge in [-0.3, -0.25) is 4.90 Å². The van der Waals surface area contributed by atoms with Crippen LogP contribution in [-0.2, 0) is 6.54 Å². The zero-order valence-corrected chi connectivity index (χ0v) is 11.9. The third-order valence-corrected chi connectivity index (χ3v) is 4.05. The minimum Gasteiger partial charge on any atom is -0.345 e. The first-order valence-electron chi connectivity index (χ1n) is 7.29. The molecule has 106 valence electrons. The van der Waals surface area contributed by atoms with Crippen LogP contribution in [-0.4, -0.2) is 27.5 Å². The molecular formula is C16H22N4. The predicted octanol–water partition coefficient (Wildman–Crippen LogP) is 2.38.